The van der Waals surface area contributed by atoms with E-state index < -0.39 is 0 Å². The monoisotopic (exact) mass is 208 g/mol. The van der Waals surface area contributed by atoms with Crippen molar-refractivity contribution in [2.24, 2.45) is 23.2 Å². The summed E-state index contributed by atoms with van der Waals surface area (Å²) >= 11 is 0. The lowest BCUT2D eigenvalue weighted by Crippen LogP contribution is -2.27. The van der Waals surface area contributed by atoms with Crippen LogP contribution in [-0.4, -0.2) is 5.97 Å². The molecule has 0 spiro atoms. The predicted octanol–water partition coefficient (Wildman–Crippen LogP) is 3.14. The first-order chi connectivity index (χ1) is 6.94. The van der Waals surface area contributed by atoms with Crippen LogP contribution in [0.1, 0.15) is 40.5 Å². The van der Waals surface area contributed by atoms with E-state index in [1.165, 1.54) is 6.42 Å². The third-order valence-electron chi connectivity index (χ3n) is 4.34. The van der Waals surface area contributed by atoms with Crippen LogP contribution in [0.3, 0.4) is 0 Å². The van der Waals surface area contributed by atoms with Crippen molar-refractivity contribution in [2.75, 3.05) is 0 Å². The van der Waals surface area contributed by atoms with Crippen LogP contribution in [0.25, 0.3) is 0 Å². The molecule has 2 rings (SSSR count). The fraction of sp³-hybridized carbons (Fsp3) is 0.769. The van der Waals surface area contributed by atoms with E-state index >= 15 is 0 Å². The van der Waals surface area contributed by atoms with Crippen molar-refractivity contribution in [1.82, 2.24) is 0 Å². The fourth-order valence-corrected chi connectivity index (χ4v) is 2.54. The van der Waals surface area contributed by atoms with Gasteiger partial charge in [0.25, 0.3) is 0 Å². The van der Waals surface area contributed by atoms with Gasteiger partial charge in [-0.25, -0.2) is 0 Å². The molecule has 1 saturated heterocycles. The quantitative estimate of drug-likeness (QED) is 0.619. The van der Waals surface area contributed by atoms with Gasteiger partial charge >= 0.3 is 5.97 Å². The zero-order valence-electron chi connectivity index (χ0n) is 10.0. The highest BCUT2D eigenvalue weighted by Gasteiger charge is 2.43. The zero-order chi connectivity index (χ0) is 11.2. The third kappa shape index (κ3) is 1.60. The molecule has 3 unspecified atom stereocenters. The first-order valence-electron chi connectivity index (χ1n) is 5.88. The van der Waals surface area contributed by atoms with Crippen molar-refractivity contribution < 1.29 is 9.53 Å². The minimum atomic E-state index is -0.0424. The Morgan fingerprint density at radius 1 is 1.53 bits per heavy atom. The Labute approximate surface area is 91.7 Å². The van der Waals surface area contributed by atoms with Crippen molar-refractivity contribution in [1.29, 1.82) is 0 Å². The lowest BCUT2D eigenvalue weighted by atomic mass is 9.68. The van der Waals surface area contributed by atoms with Gasteiger partial charge in [-0.05, 0) is 30.3 Å². The number of fused-ring (bicyclic) bond motifs is 1. The number of ether oxygens (including phenoxy) is 1. The molecule has 84 valence electrons. The number of carbonyl (C=O) groups excluding carboxylic acids is 1. The lowest BCUT2D eigenvalue weighted by Gasteiger charge is -2.36. The van der Waals surface area contributed by atoms with Crippen LogP contribution in [-0.2, 0) is 9.53 Å². The maximum atomic E-state index is 11.5. The summed E-state index contributed by atoms with van der Waals surface area (Å²) in [5, 5.41) is 0. The third-order valence-corrected chi connectivity index (χ3v) is 4.34. The Balaban J connectivity index is 2.29. The Hall–Kier alpha value is -0.790. The van der Waals surface area contributed by atoms with Crippen LogP contribution in [0.2, 0.25) is 0 Å². The molecular formula is C13H20O2. The van der Waals surface area contributed by atoms with Crippen molar-refractivity contribution >= 4 is 5.97 Å². The van der Waals surface area contributed by atoms with Gasteiger partial charge in [0.2, 0.25) is 0 Å². The van der Waals surface area contributed by atoms with Gasteiger partial charge < -0.3 is 4.74 Å². The van der Waals surface area contributed by atoms with Crippen LogP contribution in [0.5, 0.6) is 0 Å². The van der Waals surface area contributed by atoms with E-state index in [2.05, 4.69) is 26.8 Å². The fourth-order valence-electron chi connectivity index (χ4n) is 2.54. The molecule has 3 atom stereocenters. The average Bonchev–Trinajstić information content (AvgIpc) is 2.42. The highest BCUT2D eigenvalue weighted by atomic mass is 16.5. The predicted molar refractivity (Wildman–Crippen MR) is 59.0 cm³/mol. The van der Waals surface area contributed by atoms with E-state index in [-0.39, 0.29) is 17.3 Å². The maximum Gasteiger partial charge on any atom is 0.314 e. The summed E-state index contributed by atoms with van der Waals surface area (Å²) in [5.41, 5.74) is 0.205. The first-order valence-corrected chi connectivity index (χ1v) is 5.88. The van der Waals surface area contributed by atoms with Gasteiger partial charge in [0.05, 0.1) is 5.92 Å². The maximum absolute atomic E-state index is 11.5. The van der Waals surface area contributed by atoms with Crippen molar-refractivity contribution in [3.8, 4) is 0 Å². The second-order valence-electron chi connectivity index (χ2n) is 5.56. The Morgan fingerprint density at radius 3 is 2.80 bits per heavy atom. The van der Waals surface area contributed by atoms with E-state index in [0.29, 0.717) is 11.8 Å². The minimum absolute atomic E-state index is 0.0424. The van der Waals surface area contributed by atoms with Gasteiger partial charge in [0, 0.05) is 5.92 Å². The Morgan fingerprint density at radius 2 is 2.20 bits per heavy atom. The number of esters is 1. The minimum Gasteiger partial charge on any atom is -0.431 e. The molecule has 0 aromatic carbocycles. The molecule has 2 nitrogen and oxygen atoms in total. The molecular weight excluding hydrogens is 188 g/mol. The second kappa shape index (κ2) is 3.36. The van der Waals surface area contributed by atoms with Gasteiger partial charge in [0.15, 0.2) is 0 Å². The highest BCUT2D eigenvalue weighted by molar-refractivity contribution is 5.77. The molecule has 0 bridgehead atoms. The summed E-state index contributed by atoms with van der Waals surface area (Å²) in [6.07, 6.45) is 4.46. The zero-order valence-corrected chi connectivity index (χ0v) is 10.0. The van der Waals surface area contributed by atoms with Crippen LogP contribution in [0, 0.1) is 23.2 Å². The van der Waals surface area contributed by atoms with Gasteiger partial charge in [-0.1, -0.05) is 27.7 Å². The van der Waals surface area contributed by atoms with Crippen molar-refractivity contribution in [3.05, 3.63) is 11.8 Å². The van der Waals surface area contributed by atoms with Crippen LogP contribution < -0.4 is 0 Å². The molecule has 1 aliphatic carbocycles. The number of allylic oxidation sites excluding steroid dienone is 2. The lowest BCUT2D eigenvalue weighted by molar-refractivity contribution is -0.138. The van der Waals surface area contributed by atoms with E-state index in [9.17, 15) is 4.79 Å². The summed E-state index contributed by atoms with van der Waals surface area (Å²) in [5.74, 6) is 1.91. The highest BCUT2D eigenvalue weighted by Crippen LogP contribution is 2.47. The van der Waals surface area contributed by atoms with E-state index in [1.807, 2.05) is 6.92 Å². The van der Waals surface area contributed by atoms with Crippen molar-refractivity contribution in [2.45, 2.75) is 40.5 Å². The first kappa shape index (κ1) is 10.7. The van der Waals surface area contributed by atoms with E-state index in [4.69, 9.17) is 4.74 Å². The molecule has 0 N–H and O–H groups in total. The molecule has 0 amide bonds. The Bertz CT molecular complexity index is 316. The number of hydrogen-bond acceptors (Lipinski definition) is 2. The molecule has 1 fully saturated rings. The number of carbonyl (C=O) groups is 1. The van der Waals surface area contributed by atoms with Gasteiger partial charge in [-0.15, -0.1) is 0 Å². The molecule has 0 radical (unpaired) electrons. The van der Waals surface area contributed by atoms with E-state index in [1.54, 1.807) is 0 Å². The summed E-state index contributed by atoms with van der Waals surface area (Å²) in [6, 6.07) is 0. The molecule has 0 aromatic heterocycles. The van der Waals surface area contributed by atoms with Gasteiger partial charge in [-0.3, -0.25) is 4.79 Å². The largest absolute Gasteiger partial charge is 0.431 e. The Kier molecular flexibility index (Phi) is 2.40. The molecule has 1 aliphatic heterocycles. The molecule has 2 aliphatic rings. The standard InChI is InChI=1S/C13H20O2/c1-8(2)13(4)6-5-10-9(3)12(14)15-11(10)7-13/h7-10H,5-6H2,1-4H3. The molecule has 0 saturated carbocycles. The summed E-state index contributed by atoms with van der Waals surface area (Å²) in [7, 11) is 0. The second-order valence-corrected chi connectivity index (χ2v) is 5.56. The average molecular weight is 208 g/mol. The van der Waals surface area contributed by atoms with Crippen molar-refractivity contribution in [3.63, 3.8) is 0 Å². The summed E-state index contributed by atoms with van der Waals surface area (Å²) < 4.78 is 5.35. The smallest absolute Gasteiger partial charge is 0.314 e. The van der Waals surface area contributed by atoms with Gasteiger partial charge in [0.1, 0.15) is 5.76 Å². The summed E-state index contributed by atoms with van der Waals surface area (Å²) in [4.78, 5) is 11.5. The van der Waals surface area contributed by atoms with E-state index in [0.717, 1.165) is 12.2 Å². The molecule has 0 aromatic rings. The molecule has 2 heteroatoms. The van der Waals surface area contributed by atoms with Crippen LogP contribution in [0.15, 0.2) is 11.8 Å². The SMILES string of the molecule is CC1C(=O)OC2=CC(C)(C(C)C)CCC21. The van der Waals surface area contributed by atoms with Crippen LogP contribution in [0.4, 0.5) is 0 Å². The summed E-state index contributed by atoms with van der Waals surface area (Å²) in [6.45, 7) is 8.71. The van der Waals surface area contributed by atoms with Gasteiger partial charge in [-0.2, -0.15) is 0 Å². The topological polar surface area (TPSA) is 26.3 Å². The number of rotatable bonds is 1. The number of hydrogen-bond donors (Lipinski definition) is 0. The van der Waals surface area contributed by atoms with Crippen LogP contribution >= 0.6 is 0 Å². The molecule has 15 heavy (non-hydrogen) atoms. The molecule has 1 heterocycles. The normalized spacial score (nSPS) is 40.1.